The summed E-state index contributed by atoms with van der Waals surface area (Å²) in [5.41, 5.74) is 0. The van der Waals surface area contributed by atoms with E-state index in [0.717, 1.165) is 25.7 Å². The summed E-state index contributed by atoms with van der Waals surface area (Å²) in [5, 5.41) is 11.4. The molecule has 0 fully saturated rings. The molecular weight excluding hydrogens is 248 g/mol. The van der Waals surface area contributed by atoms with Gasteiger partial charge in [-0.25, -0.2) is 0 Å². The van der Waals surface area contributed by atoms with Crippen molar-refractivity contribution in [2.75, 3.05) is 0 Å². The molecule has 0 spiro atoms. The van der Waals surface area contributed by atoms with Crippen molar-refractivity contribution >= 4 is 5.97 Å². The summed E-state index contributed by atoms with van der Waals surface area (Å²) in [5.74, 6) is 0.0524. The number of carbonyl (C=O) groups excluding carboxylic acids is 1. The number of unbranched alkanes of at least 4 members (excludes halogenated alkanes) is 2. The fraction of sp³-hybridized carbons (Fsp3) is 0.944. The lowest BCUT2D eigenvalue weighted by atomic mass is 9.82. The topological polar surface area (TPSA) is 40.1 Å². The predicted octanol–water partition coefficient (Wildman–Crippen LogP) is 4.57. The Balaban J connectivity index is 4.41. The largest absolute Gasteiger partial charge is 0.550 e. The van der Waals surface area contributed by atoms with Gasteiger partial charge >= 0.3 is 0 Å². The summed E-state index contributed by atoms with van der Waals surface area (Å²) in [4.78, 5) is 11.4. The Morgan fingerprint density at radius 2 is 1.25 bits per heavy atom. The van der Waals surface area contributed by atoms with E-state index in [1.165, 1.54) is 38.5 Å². The second-order valence-electron chi connectivity index (χ2n) is 6.32. The highest BCUT2D eigenvalue weighted by Crippen LogP contribution is 2.28. The van der Waals surface area contributed by atoms with Gasteiger partial charge in [0.25, 0.3) is 0 Å². The number of hydrogen-bond acceptors (Lipinski definition) is 2. The Hall–Kier alpha value is -0.530. The van der Waals surface area contributed by atoms with Crippen LogP contribution in [0.1, 0.15) is 91.9 Å². The molecule has 0 saturated carbocycles. The minimum Gasteiger partial charge on any atom is -0.550 e. The first kappa shape index (κ1) is 19.5. The molecule has 0 amide bonds. The van der Waals surface area contributed by atoms with Crippen LogP contribution in [0.4, 0.5) is 0 Å². The summed E-state index contributed by atoms with van der Waals surface area (Å²) >= 11 is 0. The summed E-state index contributed by atoms with van der Waals surface area (Å²) in [6.45, 7) is 8.75. The van der Waals surface area contributed by atoms with Gasteiger partial charge in [-0.15, -0.1) is 0 Å². The van der Waals surface area contributed by atoms with Crippen molar-refractivity contribution in [1.29, 1.82) is 0 Å². The van der Waals surface area contributed by atoms with Crippen molar-refractivity contribution in [2.24, 2.45) is 17.8 Å². The predicted molar refractivity (Wildman–Crippen MR) is 84.3 cm³/mol. The van der Waals surface area contributed by atoms with Gasteiger partial charge < -0.3 is 9.90 Å². The Bertz CT molecular complexity index is 220. The summed E-state index contributed by atoms with van der Waals surface area (Å²) in [6.07, 6.45) is 11.0. The molecule has 0 rings (SSSR count). The minimum atomic E-state index is -0.824. The molecule has 2 unspecified atom stereocenters. The molecule has 0 bridgehead atoms. The van der Waals surface area contributed by atoms with Crippen LogP contribution in [-0.2, 0) is 4.79 Å². The molecule has 120 valence electrons. The van der Waals surface area contributed by atoms with Gasteiger partial charge in [-0.05, 0) is 30.6 Å². The van der Waals surface area contributed by atoms with E-state index >= 15 is 0 Å². The van der Waals surface area contributed by atoms with Crippen molar-refractivity contribution in [2.45, 2.75) is 91.9 Å². The molecule has 0 saturated heterocycles. The molecule has 0 aliphatic heterocycles. The van der Waals surface area contributed by atoms with E-state index in [1.54, 1.807) is 0 Å². The number of carboxylic acids is 1. The third kappa shape index (κ3) is 8.60. The molecule has 0 aliphatic rings. The fourth-order valence-corrected chi connectivity index (χ4v) is 3.06. The van der Waals surface area contributed by atoms with Crippen molar-refractivity contribution in [1.82, 2.24) is 0 Å². The molecular formula is C18H35O2-. The highest BCUT2D eigenvalue weighted by atomic mass is 16.4. The van der Waals surface area contributed by atoms with Crippen LogP contribution in [0, 0.1) is 17.8 Å². The van der Waals surface area contributed by atoms with Crippen LogP contribution < -0.4 is 5.11 Å². The third-order valence-electron chi connectivity index (χ3n) is 4.66. The first-order valence-electron chi connectivity index (χ1n) is 8.79. The summed E-state index contributed by atoms with van der Waals surface area (Å²) < 4.78 is 0. The molecule has 0 N–H and O–H groups in total. The zero-order chi connectivity index (χ0) is 15.4. The van der Waals surface area contributed by atoms with E-state index in [-0.39, 0.29) is 5.92 Å². The van der Waals surface area contributed by atoms with Crippen LogP contribution in [-0.4, -0.2) is 5.97 Å². The zero-order valence-corrected chi connectivity index (χ0v) is 14.1. The summed E-state index contributed by atoms with van der Waals surface area (Å²) in [6, 6.07) is 0. The molecule has 0 aromatic rings. The van der Waals surface area contributed by atoms with Crippen LogP contribution in [0.15, 0.2) is 0 Å². The quantitative estimate of drug-likeness (QED) is 0.497. The first-order valence-corrected chi connectivity index (χ1v) is 8.79. The smallest absolute Gasteiger partial charge is 0.0445 e. The van der Waals surface area contributed by atoms with Gasteiger partial charge in [0.15, 0.2) is 0 Å². The van der Waals surface area contributed by atoms with Gasteiger partial charge in [0.2, 0.25) is 0 Å². The van der Waals surface area contributed by atoms with Gasteiger partial charge in [0.1, 0.15) is 0 Å². The number of rotatable bonds is 13. The number of carbonyl (C=O) groups is 1. The second-order valence-corrected chi connectivity index (χ2v) is 6.32. The maximum Gasteiger partial charge on any atom is 0.0445 e. The molecule has 20 heavy (non-hydrogen) atoms. The molecule has 0 heterocycles. The molecule has 0 aromatic heterocycles. The average Bonchev–Trinajstić information content (AvgIpc) is 2.45. The fourth-order valence-electron chi connectivity index (χ4n) is 3.06. The van der Waals surface area contributed by atoms with Crippen LogP contribution in [0.2, 0.25) is 0 Å². The Morgan fingerprint density at radius 1 is 0.850 bits per heavy atom. The van der Waals surface area contributed by atoms with Gasteiger partial charge in [-0.2, -0.15) is 0 Å². The van der Waals surface area contributed by atoms with E-state index < -0.39 is 5.97 Å². The number of carboxylic acid groups (broad SMARTS) is 1. The minimum absolute atomic E-state index is 0.237. The lowest BCUT2D eigenvalue weighted by molar-refractivity contribution is -0.312. The average molecular weight is 283 g/mol. The Labute approximate surface area is 126 Å². The molecule has 0 aliphatic carbocycles. The second kappa shape index (κ2) is 12.2. The van der Waals surface area contributed by atoms with E-state index in [9.17, 15) is 9.90 Å². The Kier molecular flexibility index (Phi) is 11.9. The highest BCUT2D eigenvalue weighted by molar-refractivity contribution is 5.67. The van der Waals surface area contributed by atoms with Crippen molar-refractivity contribution in [3.63, 3.8) is 0 Å². The molecule has 0 radical (unpaired) electrons. The van der Waals surface area contributed by atoms with E-state index in [1.807, 2.05) is 0 Å². The lowest BCUT2D eigenvalue weighted by Crippen LogP contribution is -2.34. The molecule has 2 nitrogen and oxygen atoms in total. The van der Waals surface area contributed by atoms with E-state index in [4.69, 9.17) is 0 Å². The normalized spacial score (nSPS) is 15.8. The SMILES string of the molecule is CCCCC(CC)CC(CC(CC)CCCC)C(=O)[O-]. The van der Waals surface area contributed by atoms with Gasteiger partial charge in [-0.3, -0.25) is 0 Å². The number of hydrogen-bond donors (Lipinski definition) is 0. The maximum absolute atomic E-state index is 11.4. The van der Waals surface area contributed by atoms with Gasteiger partial charge in [-0.1, -0.05) is 79.1 Å². The van der Waals surface area contributed by atoms with E-state index in [2.05, 4.69) is 27.7 Å². The summed E-state index contributed by atoms with van der Waals surface area (Å²) in [7, 11) is 0. The van der Waals surface area contributed by atoms with Crippen molar-refractivity contribution < 1.29 is 9.90 Å². The zero-order valence-electron chi connectivity index (χ0n) is 14.1. The lowest BCUT2D eigenvalue weighted by Gasteiger charge is -2.27. The van der Waals surface area contributed by atoms with Crippen LogP contribution in [0.5, 0.6) is 0 Å². The molecule has 2 heteroatoms. The third-order valence-corrected chi connectivity index (χ3v) is 4.66. The number of aliphatic carboxylic acids is 1. The van der Waals surface area contributed by atoms with Crippen LogP contribution in [0.3, 0.4) is 0 Å². The molecule has 0 aromatic carbocycles. The van der Waals surface area contributed by atoms with Gasteiger partial charge in [0.05, 0.1) is 0 Å². The monoisotopic (exact) mass is 283 g/mol. The molecule has 2 atom stereocenters. The Morgan fingerprint density at radius 3 is 1.50 bits per heavy atom. The van der Waals surface area contributed by atoms with E-state index in [0.29, 0.717) is 11.8 Å². The standard InChI is InChI=1S/C18H36O2/c1-5-9-11-15(7-3)13-17(18(19)20)14-16(8-4)12-10-6-2/h15-17H,5-14H2,1-4H3,(H,19,20)/p-1. The maximum atomic E-state index is 11.4. The first-order chi connectivity index (χ1) is 9.58. The van der Waals surface area contributed by atoms with Crippen molar-refractivity contribution in [3.8, 4) is 0 Å². The van der Waals surface area contributed by atoms with Gasteiger partial charge in [0, 0.05) is 5.97 Å². The van der Waals surface area contributed by atoms with Crippen molar-refractivity contribution in [3.05, 3.63) is 0 Å². The highest BCUT2D eigenvalue weighted by Gasteiger charge is 2.20. The van der Waals surface area contributed by atoms with Crippen LogP contribution in [0.25, 0.3) is 0 Å². The van der Waals surface area contributed by atoms with Crippen LogP contribution >= 0.6 is 0 Å².